The maximum absolute atomic E-state index is 13.0. The zero-order valence-electron chi connectivity index (χ0n) is 15.2. The monoisotopic (exact) mass is 367 g/mol. The predicted molar refractivity (Wildman–Crippen MR) is 99.6 cm³/mol. The lowest BCUT2D eigenvalue weighted by Crippen LogP contribution is -2.31. The average molecular weight is 367 g/mol. The Morgan fingerprint density at radius 2 is 1.85 bits per heavy atom. The third-order valence-electron chi connectivity index (χ3n) is 4.90. The van der Waals surface area contributed by atoms with Crippen LogP contribution in [-0.4, -0.2) is 45.9 Å². The lowest BCUT2D eigenvalue weighted by atomic mass is 9.99. The standard InChI is InChI=1S/C20H21N3O4/c1-12-4-3-5-15(17(12)22-18(24)14-6-8-21-9-7-14)19(25)23-10-13(2)16(11-23)20(26)27/h3-9,13,16H,10-11H2,1-2H3,(H,22,24)(H,26,27)/t13-,16-/m1/s1. The topological polar surface area (TPSA) is 99.6 Å². The lowest BCUT2D eigenvalue weighted by molar-refractivity contribution is -0.142. The number of benzene rings is 1. The molecule has 0 saturated carbocycles. The van der Waals surface area contributed by atoms with Gasteiger partial charge in [0.15, 0.2) is 0 Å². The van der Waals surface area contributed by atoms with Gasteiger partial charge in [0, 0.05) is 31.0 Å². The molecule has 2 amide bonds. The van der Waals surface area contributed by atoms with Crippen molar-refractivity contribution in [2.75, 3.05) is 18.4 Å². The van der Waals surface area contributed by atoms with Gasteiger partial charge >= 0.3 is 5.97 Å². The van der Waals surface area contributed by atoms with Crippen molar-refractivity contribution in [3.63, 3.8) is 0 Å². The highest BCUT2D eigenvalue weighted by molar-refractivity contribution is 6.09. The normalized spacial score (nSPS) is 19.0. The number of aliphatic carboxylic acids is 1. The van der Waals surface area contributed by atoms with Crippen LogP contribution in [0.2, 0.25) is 0 Å². The summed E-state index contributed by atoms with van der Waals surface area (Å²) in [5.41, 5.74) is 1.99. The first-order valence-electron chi connectivity index (χ1n) is 8.71. The molecule has 0 radical (unpaired) electrons. The van der Waals surface area contributed by atoms with E-state index < -0.39 is 11.9 Å². The number of carbonyl (C=O) groups is 3. The van der Waals surface area contributed by atoms with Crippen LogP contribution < -0.4 is 5.32 Å². The van der Waals surface area contributed by atoms with Crippen LogP contribution in [0, 0.1) is 18.8 Å². The van der Waals surface area contributed by atoms with Crippen molar-refractivity contribution >= 4 is 23.5 Å². The zero-order chi connectivity index (χ0) is 19.6. The van der Waals surface area contributed by atoms with E-state index in [4.69, 9.17) is 0 Å². The van der Waals surface area contributed by atoms with E-state index in [0.29, 0.717) is 23.4 Å². The third-order valence-corrected chi connectivity index (χ3v) is 4.90. The van der Waals surface area contributed by atoms with E-state index >= 15 is 0 Å². The summed E-state index contributed by atoms with van der Waals surface area (Å²) in [5.74, 6) is -2.20. The number of carboxylic acids is 1. The minimum absolute atomic E-state index is 0.119. The van der Waals surface area contributed by atoms with E-state index in [0.717, 1.165) is 5.56 Å². The summed E-state index contributed by atoms with van der Waals surface area (Å²) >= 11 is 0. The van der Waals surface area contributed by atoms with Gasteiger partial charge in [-0.2, -0.15) is 0 Å². The number of nitrogens with one attached hydrogen (secondary N) is 1. The largest absolute Gasteiger partial charge is 0.481 e. The predicted octanol–water partition coefficient (Wildman–Crippen LogP) is 2.44. The Morgan fingerprint density at radius 3 is 2.48 bits per heavy atom. The molecule has 27 heavy (non-hydrogen) atoms. The van der Waals surface area contributed by atoms with E-state index in [1.165, 1.54) is 12.4 Å². The summed E-state index contributed by atoms with van der Waals surface area (Å²) in [4.78, 5) is 42.3. The quantitative estimate of drug-likeness (QED) is 0.865. The number of para-hydroxylation sites is 1. The van der Waals surface area contributed by atoms with Gasteiger partial charge in [0.25, 0.3) is 11.8 Å². The molecular weight excluding hydrogens is 346 g/mol. The number of aryl methyl sites for hydroxylation is 1. The highest BCUT2D eigenvalue weighted by atomic mass is 16.4. The van der Waals surface area contributed by atoms with Crippen molar-refractivity contribution in [3.8, 4) is 0 Å². The van der Waals surface area contributed by atoms with Crippen LogP contribution in [0.15, 0.2) is 42.7 Å². The van der Waals surface area contributed by atoms with Gasteiger partial charge in [0.1, 0.15) is 0 Å². The van der Waals surface area contributed by atoms with Crippen molar-refractivity contribution < 1.29 is 19.5 Å². The van der Waals surface area contributed by atoms with Gasteiger partial charge in [-0.3, -0.25) is 19.4 Å². The summed E-state index contributed by atoms with van der Waals surface area (Å²) in [6, 6.07) is 8.39. The Labute approximate surface area is 157 Å². The van der Waals surface area contributed by atoms with Gasteiger partial charge in [0.2, 0.25) is 0 Å². The van der Waals surface area contributed by atoms with E-state index in [1.54, 1.807) is 29.2 Å². The fourth-order valence-electron chi connectivity index (χ4n) is 3.33. The fraction of sp³-hybridized carbons (Fsp3) is 0.300. The first-order valence-corrected chi connectivity index (χ1v) is 8.71. The molecule has 7 nitrogen and oxygen atoms in total. The Bertz CT molecular complexity index is 882. The molecule has 0 bridgehead atoms. The molecule has 0 spiro atoms. The molecule has 140 valence electrons. The Kier molecular flexibility index (Phi) is 5.21. The minimum atomic E-state index is -0.895. The smallest absolute Gasteiger partial charge is 0.308 e. The number of anilines is 1. The van der Waals surface area contributed by atoms with Crippen molar-refractivity contribution in [3.05, 3.63) is 59.4 Å². The highest BCUT2D eigenvalue weighted by Gasteiger charge is 2.37. The Morgan fingerprint density at radius 1 is 1.15 bits per heavy atom. The molecule has 3 rings (SSSR count). The lowest BCUT2D eigenvalue weighted by Gasteiger charge is -2.20. The van der Waals surface area contributed by atoms with Crippen LogP contribution in [0.1, 0.15) is 33.2 Å². The maximum Gasteiger partial charge on any atom is 0.308 e. The Balaban J connectivity index is 1.86. The average Bonchev–Trinajstić information content (AvgIpc) is 3.05. The molecule has 1 aromatic carbocycles. The SMILES string of the molecule is Cc1cccc(C(=O)N2C[C@@H](C)[C@H](C(=O)O)C2)c1NC(=O)c1ccncc1. The number of likely N-dealkylation sites (tertiary alicyclic amines) is 1. The molecule has 1 fully saturated rings. The van der Waals surface area contributed by atoms with E-state index in [2.05, 4.69) is 10.3 Å². The van der Waals surface area contributed by atoms with Gasteiger partial charge in [0.05, 0.1) is 17.2 Å². The molecule has 2 aromatic rings. The molecule has 1 aliphatic heterocycles. The third kappa shape index (κ3) is 3.81. The first kappa shape index (κ1) is 18.6. The van der Waals surface area contributed by atoms with Crippen LogP contribution in [0.3, 0.4) is 0 Å². The number of rotatable bonds is 4. The summed E-state index contributed by atoms with van der Waals surface area (Å²) < 4.78 is 0. The van der Waals surface area contributed by atoms with Crippen molar-refractivity contribution in [2.45, 2.75) is 13.8 Å². The number of nitrogens with zero attached hydrogens (tertiary/aromatic N) is 2. The number of carbonyl (C=O) groups excluding carboxylic acids is 2. The van der Waals surface area contributed by atoms with E-state index in [9.17, 15) is 19.5 Å². The molecule has 1 aromatic heterocycles. The molecule has 1 aliphatic rings. The number of aromatic nitrogens is 1. The summed E-state index contributed by atoms with van der Waals surface area (Å²) in [6.45, 7) is 4.18. The second-order valence-electron chi connectivity index (χ2n) is 6.82. The highest BCUT2D eigenvalue weighted by Crippen LogP contribution is 2.28. The summed E-state index contributed by atoms with van der Waals surface area (Å²) in [7, 11) is 0. The van der Waals surface area contributed by atoms with Gasteiger partial charge in [-0.1, -0.05) is 19.1 Å². The molecule has 7 heteroatoms. The maximum atomic E-state index is 13.0. The summed E-state index contributed by atoms with van der Waals surface area (Å²) in [5, 5.41) is 12.1. The number of carboxylic acid groups (broad SMARTS) is 1. The molecule has 0 unspecified atom stereocenters. The van der Waals surface area contributed by atoms with Crippen molar-refractivity contribution in [1.82, 2.24) is 9.88 Å². The van der Waals surface area contributed by atoms with Crippen LogP contribution in [0.5, 0.6) is 0 Å². The molecule has 2 atom stereocenters. The van der Waals surface area contributed by atoms with Gasteiger partial charge < -0.3 is 15.3 Å². The molecule has 2 heterocycles. The molecule has 0 aliphatic carbocycles. The van der Waals surface area contributed by atoms with Gasteiger partial charge in [-0.05, 0) is 36.6 Å². The van der Waals surface area contributed by atoms with Crippen molar-refractivity contribution in [1.29, 1.82) is 0 Å². The second kappa shape index (κ2) is 7.57. The fourth-order valence-corrected chi connectivity index (χ4v) is 3.33. The van der Waals surface area contributed by atoms with Crippen LogP contribution in [0.4, 0.5) is 5.69 Å². The first-order chi connectivity index (χ1) is 12.9. The van der Waals surface area contributed by atoms with Gasteiger partial charge in [-0.25, -0.2) is 0 Å². The van der Waals surface area contributed by atoms with Crippen LogP contribution in [-0.2, 0) is 4.79 Å². The molecular formula is C20H21N3O4. The number of amides is 2. The number of hydrogen-bond acceptors (Lipinski definition) is 4. The minimum Gasteiger partial charge on any atom is -0.481 e. The van der Waals surface area contributed by atoms with E-state index in [1.807, 2.05) is 19.9 Å². The van der Waals surface area contributed by atoms with E-state index in [-0.39, 0.29) is 24.3 Å². The van der Waals surface area contributed by atoms with Crippen LogP contribution in [0.25, 0.3) is 0 Å². The van der Waals surface area contributed by atoms with Crippen molar-refractivity contribution in [2.24, 2.45) is 11.8 Å². The summed E-state index contributed by atoms with van der Waals surface area (Å²) in [6.07, 6.45) is 3.05. The molecule has 1 saturated heterocycles. The van der Waals surface area contributed by atoms with Crippen LogP contribution >= 0.6 is 0 Å². The number of pyridine rings is 1. The second-order valence-corrected chi connectivity index (χ2v) is 6.82. The van der Waals surface area contributed by atoms with Gasteiger partial charge in [-0.15, -0.1) is 0 Å². The zero-order valence-corrected chi connectivity index (χ0v) is 15.2. The molecule has 2 N–H and O–H groups in total. The number of hydrogen-bond donors (Lipinski definition) is 2. The Hall–Kier alpha value is -3.22.